The Labute approximate surface area is 205 Å². The lowest BCUT2D eigenvalue weighted by Crippen LogP contribution is -2.43. The molecule has 0 radical (unpaired) electrons. The number of amides is 4. The molecule has 2 aromatic heterocycles. The molecule has 1 saturated heterocycles. The predicted octanol–water partition coefficient (Wildman–Crippen LogP) is 3.78. The number of benzene rings is 2. The number of halogens is 1. The lowest BCUT2D eigenvalue weighted by Gasteiger charge is -2.22. The van der Waals surface area contributed by atoms with E-state index in [1.54, 1.807) is 22.7 Å². The maximum Gasteiger partial charge on any atom is 0.325 e. The summed E-state index contributed by atoms with van der Waals surface area (Å²) in [5, 5.41) is 5.66. The van der Waals surface area contributed by atoms with Crippen molar-refractivity contribution in [3.05, 3.63) is 89.4 Å². The third-order valence-electron chi connectivity index (χ3n) is 6.88. The van der Waals surface area contributed by atoms with Gasteiger partial charge >= 0.3 is 6.03 Å². The van der Waals surface area contributed by atoms with E-state index in [4.69, 9.17) is 0 Å². The molecule has 8 nitrogen and oxygen atoms in total. The number of imidazole rings is 1. The van der Waals surface area contributed by atoms with E-state index < -0.39 is 29.9 Å². The number of nitrogens with one attached hydrogen (secondary N) is 2. The van der Waals surface area contributed by atoms with Crippen LogP contribution in [0.4, 0.5) is 15.0 Å². The lowest BCUT2D eigenvalue weighted by atomic mass is 9.92. The van der Waals surface area contributed by atoms with Crippen LogP contribution in [0.25, 0.3) is 16.9 Å². The molecule has 4 aromatic rings. The number of carbonyl (C=O) groups excluding carboxylic acids is 3. The number of fused-ring (bicyclic) bond motifs is 3. The van der Waals surface area contributed by atoms with Crippen LogP contribution in [0.3, 0.4) is 0 Å². The second kappa shape index (κ2) is 8.01. The minimum Gasteiger partial charge on any atom is -0.319 e. The molecule has 0 bridgehead atoms. The van der Waals surface area contributed by atoms with Gasteiger partial charge in [0.15, 0.2) is 0 Å². The fourth-order valence-corrected chi connectivity index (χ4v) is 5.12. The van der Waals surface area contributed by atoms with Crippen LogP contribution < -0.4 is 10.6 Å². The molecule has 36 heavy (non-hydrogen) atoms. The second-order valence-electron chi connectivity index (χ2n) is 9.18. The quantitative estimate of drug-likeness (QED) is 0.432. The van der Waals surface area contributed by atoms with Crippen molar-refractivity contribution >= 4 is 29.3 Å². The highest BCUT2D eigenvalue weighted by Crippen LogP contribution is 2.41. The molecule has 1 aliphatic heterocycles. The molecule has 1 unspecified atom stereocenters. The number of aromatic nitrogens is 2. The summed E-state index contributed by atoms with van der Waals surface area (Å²) in [5.41, 5.74) is 3.31. The first-order valence-corrected chi connectivity index (χ1v) is 11.6. The lowest BCUT2D eigenvalue weighted by molar-refractivity contribution is -0.134. The van der Waals surface area contributed by atoms with Crippen LogP contribution in [0.1, 0.15) is 23.1 Å². The molecule has 2 aliphatic rings. The Bertz CT molecular complexity index is 1560. The molecule has 180 valence electrons. The largest absolute Gasteiger partial charge is 0.325 e. The Morgan fingerprint density at radius 2 is 1.92 bits per heavy atom. The Morgan fingerprint density at radius 1 is 1.14 bits per heavy atom. The average molecular weight is 484 g/mol. The van der Waals surface area contributed by atoms with Gasteiger partial charge in [0, 0.05) is 11.8 Å². The Morgan fingerprint density at radius 3 is 2.72 bits per heavy atom. The summed E-state index contributed by atoms with van der Waals surface area (Å²) in [4.78, 5) is 45.0. The van der Waals surface area contributed by atoms with Crippen molar-refractivity contribution in [3.63, 3.8) is 0 Å². The number of imide groups is 1. The number of rotatable bonds is 4. The van der Waals surface area contributed by atoms with E-state index in [-0.39, 0.29) is 5.82 Å². The molecule has 1 aliphatic carbocycles. The molecule has 0 saturated carbocycles. The van der Waals surface area contributed by atoms with Crippen LogP contribution in [0.15, 0.2) is 66.9 Å². The number of aryl methyl sites for hydroxylation is 2. The van der Waals surface area contributed by atoms with Gasteiger partial charge in [-0.25, -0.2) is 14.2 Å². The third-order valence-corrected chi connectivity index (χ3v) is 6.88. The minimum atomic E-state index is -1.13. The zero-order chi connectivity index (χ0) is 25.0. The van der Waals surface area contributed by atoms with Crippen molar-refractivity contribution in [1.82, 2.24) is 19.6 Å². The number of hydrogen-bond donors (Lipinski definition) is 2. The first-order chi connectivity index (χ1) is 17.4. The molecular weight excluding hydrogens is 461 g/mol. The predicted molar refractivity (Wildman–Crippen MR) is 131 cm³/mol. The summed E-state index contributed by atoms with van der Waals surface area (Å²) in [6, 6.07) is 16.5. The van der Waals surface area contributed by atoms with Gasteiger partial charge in [0.1, 0.15) is 35.1 Å². The van der Waals surface area contributed by atoms with Crippen molar-refractivity contribution in [2.45, 2.75) is 25.3 Å². The summed E-state index contributed by atoms with van der Waals surface area (Å²) in [5.74, 6) is -0.993. The molecule has 6 rings (SSSR count). The normalized spacial score (nSPS) is 18.7. The fourth-order valence-electron chi connectivity index (χ4n) is 5.12. The number of urea groups is 1. The van der Waals surface area contributed by atoms with Gasteiger partial charge in [-0.2, -0.15) is 0 Å². The molecule has 1 spiro atoms. The highest BCUT2D eigenvalue weighted by Gasteiger charge is 2.55. The van der Waals surface area contributed by atoms with E-state index in [1.807, 2.05) is 43.3 Å². The molecule has 1 atom stereocenters. The van der Waals surface area contributed by atoms with Crippen LogP contribution in [0.2, 0.25) is 0 Å². The van der Waals surface area contributed by atoms with E-state index in [2.05, 4.69) is 15.6 Å². The summed E-state index contributed by atoms with van der Waals surface area (Å²) in [6.07, 6.45) is 2.90. The maximum atomic E-state index is 13.5. The molecule has 4 amide bonds. The van der Waals surface area contributed by atoms with Gasteiger partial charge in [0.05, 0.1) is 0 Å². The maximum absolute atomic E-state index is 13.5. The van der Waals surface area contributed by atoms with Crippen LogP contribution >= 0.6 is 0 Å². The number of hydrogen-bond acceptors (Lipinski definition) is 4. The summed E-state index contributed by atoms with van der Waals surface area (Å²) in [6.45, 7) is 1.48. The minimum absolute atomic E-state index is 0.370. The van der Waals surface area contributed by atoms with E-state index in [0.29, 0.717) is 35.6 Å². The SMILES string of the molecule is Cc1ccn2c(NC(=O)CN3C(=O)NC4(CCc5ccccc54)C3=O)c(-c3ccc(F)cc3)nc2c1. The first-order valence-electron chi connectivity index (χ1n) is 11.6. The number of nitrogens with zero attached hydrogens (tertiary/aromatic N) is 3. The van der Waals surface area contributed by atoms with Crippen LogP contribution in [-0.4, -0.2) is 38.7 Å². The van der Waals surface area contributed by atoms with Gasteiger partial charge in [-0.1, -0.05) is 24.3 Å². The summed E-state index contributed by atoms with van der Waals surface area (Å²) in [7, 11) is 0. The van der Waals surface area contributed by atoms with Gasteiger partial charge in [0.2, 0.25) is 5.91 Å². The second-order valence-corrected chi connectivity index (χ2v) is 9.18. The molecule has 1 fully saturated rings. The van der Waals surface area contributed by atoms with Crippen molar-refractivity contribution in [2.24, 2.45) is 0 Å². The summed E-state index contributed by atoms with van der Waals surface area (Å²) < 4.78 is 15.2. The Kier molecular flexibility index (Phi) is 4.89. The number of pyridine rings is 1. The standard InChI is InChI=1S/C27H22FN5O3/c1-16-11-13-32-21(14-16)29-23(18-6-8-19(28)9-7-18)24(32)30-22(34)15-33-25(35)27(31-26(33)36)12-10-17-4-2-3-5-20(17)27/h2-9,11,13-14H,10,12,15H2,1H3,(H,30,34)(H,31,36). The monoisotopic (exact) mass is 483 g/mol. The van der Waals surface area contributed by atoms with E-state index in [1.165, 1.54) is 12.1 Å². The smallest absolute Gasteiger partial charge is 0.319 e. The molecular formula is C27H22FN5O3. The van der Waals surface area contributed by atoms with Crippen LogP contribution in [0, 0.1) is 12.7 Å². The van der Waals surface area contributed by atoms with Crippen molar-refractivity contribution < 1.29 is 18.8 Å². The topological polar surface area (TPSA) is 95.8 Å². The highest BCUT2D eigenvalue weighted by molar-refractivity contribution is 6.11. The zero-order valence-electron chi connectivity index (χ0n) is 19.4. The first kappa shape index (κ1) is 22.0. The van der Waals surface area contributed by atoms with Crippen LogP contribution in [0.5, 0.6) is 0 Å². The Hall–Kier alpha value is -4.53. The zero-order valence-corrected chi connectivity index (χ0v) is 19.4. The van der Waals surface area contributed by atoms with E-state index in [9.17, 15) is 18.8 Å². The van der Waals surface area contributed by atoms with Crippen molar-refractivity contribution in [3.8, 4) is 11.3 Å². The van der Waals surface area contributed by atoms with Gasteiger partial charge in [-0.05, 0) is 72.9 Å². The van der Waals surface area contributed by atoms with Crippen molar-refractivity contribution in [2.75, 3.05) is 11.9 Å². The molecule has 2 N–H and O–H groups in total. The molecule has 2 aromatic carbocycles. The third kappa shape index (κ3) is 3.35. The average Bonchev–Trinajstić information content (AvgIpc) is 3.48. The number of anilines is 1. The number of carbonyl (C=O) groups is 3. The fraction of sp³-hybridized carbons (Fsp3) is 0.185. The highest BCUT2D eigenvalue weighted by atomic mass is 19.1. The van der Waals surface area contributed by atoms with Gasteiger partial charge in [0.25, 0.3) is 5.91 Å². The summed E-state index contributed by atoms with van der Waals surface area (Å²) >= 11 is 0. The van der Waals surface area contributed by atoms with Gasteiger partial charge < -0.3 is 10.6 Å². The Balaban J connectivity index is 1.30. The van der Waals surface area contributed by atoms with E-state index in [0.717, 1.165) is 21.6 Å². The van der Waals surface area contributed by atoms with Gasteiger partial charge in [-0.15, -0.1) is 0 Å². The van der Waals surface area contributed by atoms with Gasteiger partial charge in [-0.3, -0.25) is 18.9 Å². The molecule has 3 heterocycles. The van der Waals surface area contributed by atoms with E-state index >= 15 is 0 Å². The van der Waals surface area contributed by atoms with Crippen LogP contribution in [-0.2, 0) is 21.5 Å². The molecule has 9 heteroatoms. The van der Waals surface area contributed by atoms with Crippen molar-refractivity contribution in [1.29, 1.82) is 0 Å².